The fraction of sp³-hybridized carbons (Fsp3) is 0.600. The summed E-state index contributed by atoms with van der Waals surface area (Å²) in [5.41, 5.74) is 12.7. The Labute approximate surface area is 116 Å². The molecule has 0 aliphatic carbocycles. The molecular weight excluding hydrogens is 240 g/mol. The molecule has 108 valence electrons. The van der Waals surface area contributed by atoms with Crippen LogP contribution in [0.5, 0.6) is 11.5 Å². The number of hydrogen-bond acceptors (Lipinski definition) is 4. The molecule has 0 spiro atoms. The highest BCUT2D eigenvalue weighted by atomic mass is 16.5. The van der Waals surface area contributed by atoms with Crippen LogP contribution in [0.4, 0.5) is 0 Å². The predicted molar refractivity (Wildman–Crippen MR) is 78.8 cm³/mol. The Hall–Kier alpha value is -1.26. The minimum Gasteiger partial charge on any atom is -0.494 e. The van der Waals surface area contributed by atoms with Crippen LogP contribution in [0.1, 0.15) is 32.3 Å². The molecule has 0 radical (unpaired) electrons. The molecule has 4 heteroatoms. The maximum Gasteiger partial charge on any atom is 0.123 e. The lowest BCUT2D eigenvalue weighted by atomic mass is 9.87. The molecule has 1 atom stereocenters. The van der Waals surface area contributed by atoms with Crippen LogP contribution >= 0.6 is 0 Å². The molecule has 0 bridgehead atoms. The van der Waals surface area contributed by atoms with Crippen molar-refractivity contribution in [2.45, 2.75) is 26.7 Å². The third-order valence-electron chi connectivity index (χ3n) is 3.40. The van der Waals surface area contributed by atoms with Gasteiger partial charge in [0.1, 0.15) is 11.5 Å². The van der Waals surface area contributed by atoms with Gasteiger partial charge in [-0.15, -0.1) is 0 Å². The number of benzene rings is 1. The van der Waals surface area contributed by atoms with Gasteiger partial charge in [0.25, 0.3) is 0 Å². The van der Waals surface area contributed by atoms with E-state index in [0.717, 1.165) is 17.1 Å². The fourth-order valence-electron chi connectivity index (χ4n) is 2.18. The molecule has 1 aromatic rings. The van der Waals surface area contributed by atoms with E-state index in [0.29, 0.717) is 26.3 Å². The second kappa shape index (κ2) is 8.02. The van der Waals surface area contributed by atoms with Crippen LogP contribution in [0.15, 0.2) is 18.2 Å². The first-order chi connectivity index (χ1) is 9.17. The number of hydrogen-bond donors (Lipinski definition) is 2. The smallest absolute Gasteiger partial charge is 0.123 e. The first-order valence-corrected chi connectivity index (χ1v) is 6.97. The number of rotatable bonds is 8. The van der Waals surface area contributed by atoms with Crippen LogP contribution in [0, 0.1) is 5.92 Å². The van der Waals surface area contributed by atoms with E-state index in [1.807, 2.05) is 32.0 Å². The molecule has 0 saturated heterocycles. The Kier molecular flexibility index (Phi) is 6.67. The van der Waals surface area contributed by atoms with Crippen LogP contribution in [-0.4, -0.2) is 26.3 Å². The monoisotopic (exact) mass is 266 g/mol. The molecule has 0 aliphatic rings. The topological polar surface area (TPSA) is 70.5 Å². The van der Waals surface area contributed by atoms with Crippen molar-refractivity contribution in [3.8, 4) is 11.5 Å². The maximum absolute atomic E-state index is 5.79. The molecular formula is C15H26N2O2. The van der Waals surface area contributed by atoms with E-state index in [1.54, 1.807) is 0 Å². The van der Waals surface area contributed by atoms with Gasteiger partial charge in [-0.2, -0.15) is 0 Å². The van der Waals surface area contributed by atoms with Gasteiger partial charge in [-0.1, -0.05) is 6.92 Å². The van der Waals surface area contributed by atoms with E-state index in [4.69, 9.17) is 20.9 Å². The molecule has 4 nitrogen and oxygen atoms in total. The third-order valence-corrected chi connectivity index (χ3v) is 3.40. The van der Waals surface area contributed by atoms with Gasteiger partial charge in [0.05, 0.1) is 13.2 Å². The summed E-state index contributed by atoms with van der Waals surface area (Å²) < 4.78 is 11.3. The summed E-state index contributed by atoms with van der Waals surface area (Å²) in [5, 5.41) is 0. The van der Waals surface area contributed by atoms with E-state index >= 15 is 0 Å². The van der Waals surface area contributed by atoms with Crippen molar-refractivity contribution in [3.63, 3.8) is 0 Å². The minimum atomic E-state index is 0.246. The van der Waals surface area contributed by atoms with E-state index < -0.39 is 0 Å². The van der Waals surface area contributed by atoms with Crippen molar-refractivity contribution in [2.24, 2.45) is 17.4 Å². The van der Waals surface area contributed by atoms with Crippen molar-refractivity contribution >= 4 is 0 Å². The van der Waals surface area contributed by atoms with E-state index in [2.05, 4.69) is 6.92 Å². The second-order valence-electron chi connectivity index (χ2n) is 4.59. The lowest BCUT2D eigenvalue weighted by Crippen LogP contribution is -2.28. The summed E-state index contributed by atoms with van der Waals surface area (Å²) in [6.07, 6.45) is 0. The molecule has 1 rings (SSSR count). The zero-order valence-electron chi connectivity index (χ0n) is 12.2. The molecule has 19 heavy (non-hydrogen) atoms. The molecule has 1 unspecified atom stereocenters. The Morgan fingerprint density at radius 2 is 1.68 bits per heavy atom. The van der Waals surface area contributed by atoms with Crippen LogP contribution in [0.2, 0.25) is 0 Å². The maximum atomic E-state index is 5.79. The fourth-order valence-corrected chi connectivity index (χ4v) is 2.18. The van der Waals surface area contributed by atoms with Crippen molar-refractivity contribution in [1.82, 2.24) is 0 Å². The summed E-state index contributed by atoms with van der Waals surface area (Å²) in [5.74, 6) is 2.25. The Bertz CT molecular complexity index is 378. The van der Waals surface area contributed by atoms with E-state index in [1.165, 1.54) is 0 Å². The highest BCUT2D eigenvalue weighted by Crippen LogP contribution is 2.34. The molecule has 0 amide bonds. The quantitative estimate of drug-likeness (QED) is 0.756. The standard InChI is InChI=1S/C15H26N2O2/c1-4-18-13-6-7-15(19-5-2)14(8-13)11(3)12(9-16)10-17/h6-8,11-12H,4-5,9-10,16-17H2,1-3H3. The lowest BCUT2D eigenvalue weighted by molar-refractivity contribution is 0.321. The summed E-state index contributed by atoms with van der Waals surface area (Å²) in [6.45, 7) is 8.53. The van der Waals surface area contributed by atoms with E-state index in [-0.39, 0.29) is 11.8 Å². The van der Waals surface area contributed by atoms with Gasteiger partial charge in [-0.25, -0.2) is 0 Å². The molecule has 0 aliphatic heterocycles. The number of nitrogens with two attached hydrogens (primary N) is 2. The van der Waals surface area contributed by atoms with Crippen LogP contribution in [0.25, 0.3) is 0 Å². The Morgan fingerprint density at radius 1 is 1.05 bits per heavy atom. The highest BCUT2D eigenvalue weighted by molar-refractivity contribution is 5.42. The highest BCUT2D eigenvalue weighted by Gasteiger charge is 2.20. The second-order valence-corrected chi connectivity index (χ2v) is 4.59. The molecule has 0 saturated carbocycles. The largest absolute Gasteiger partial charge is 0.494 e. The lowest BCUT2D eigenvalue weighted by Gasteiger charge is -2.24. The zero-order valence-corrected chi connectivity index (χ0v) is 12.2. The normalized spacial score (nSPS) is 12.5. The first kappa shape index (κ1) is 15.8. The number of ether oxygens (including phenoxy) is 2. The SMILES string of the molecule is CCOc1ccc(OCC)c(C(C)C(CN)CN)c1. The zero-order chi connectivity index (χ0) is 14.3. The van der Waals surface area contributed by atoms with Gasteiger partial charge in [0.2, 0.25) is 0 Å². The molecule has 0 aromatic heterocycles. The van der Waals surface area contributed by atoms with Crippen LogP contribution < -0.4 is 20.9 Å². The van der Waals surface area contributed by atoms with Crippen molar-refractivity contribution in [2.75, 3.05) is 26.3 Å². The van der Waals surface area contributed by atoms with E-state index in [9.17, 15) is 0 Å². The third kappa shape index (κ3) is 4.11. The summed E-state index contributed by atoms with van der Waals surface area (Å²) in [4.78, 5) is 0. The average Bonchev–Trinajstić information content (AvgIpc) is 2.42. The Morgan fingerprint density at radius 3 is 2.21 bits per heavy atom. The predicted octanol–water partition coefficient (Wildman–Crippen LogP) is 2.12. The van der Waals surface area contributed by atoms with Gasteiger partial charge >= 0.3 is 0 Å². The molecule has 1 aromatic carbocycles. The van der Waals surface area contributed by atoms with Crippen LogP contribution in [0.3, 0.4) is 0 Å². The van der Waals surface area contributed by atoms with Gasteiger partial charge in [-0.3, -0.25) is 0 Å². The Balaban J connectivity index is 3.07. The van der Waals surface area contributed by atoms with Crippen molar-refractivity contribution in [1.29, 1.82) is 0 Å². The summed E-state index contributed by atoms with van der Waals surface area (Å²) in [7, 11) is 0. The minimum absolute atomic E-state index is 0.246. The summed E-state index contributed by atoms with van der Waals surface area (Å²) >= 11 is 0. The molecule has 0 heterocycles. The van der Waals surface area contributed by atoms with Gasteiger partial charge in [-0.05, 0) is 57.0 Å². The first-order valence-electron chi connectivity index (χ1n) is 6.97. The van der Waals surface area contributed by atoms with Gasteiger partial charge in [0.15, 0.2) is 0 Å². The van der Waals surface area contributed by atoms with Crippen molar-refractivity contribution < 1.29 is 9.47 Å². The summed E-state index contributed by atoms with van der Waals surface area (Å²) in [6, 6.07) is 5.94. The average molecular weight is 266 g/mol. The molecule has 4 N–H and O–H groups in total. The van der Waals surface area contributed by atoms with Gasteiger partial charge in [0, 0.05) is 5.56 Å². The van der Waals surface area contributed by atoms with Crippen LogP contribution in [-0.2, 0) is 0 Å². The molecule has 0 fully saturated rings. The van der Waals surface area contributed by atoms with Gasteiger partial charge < -0.3 is 20.9 Å². The van der Waals surface area contributed by atoms with Crippen molar-refractivity contribution in [3.05, 3.63) is 23.8 Å².